The van der Waals surface area contributed by atoms with Gasteiger partial charge in [0.25, 0.3) is 0 Å². The summed E-state index contributed by atoms with van der Waals surface area (Å²) in [5.74, 6) is -1.44. The Labute approximate surface area is 118 Å². The first-order valence-electron chi connectivity index (χ1n) is 6.64. The van der Waals surface area contributed by atoms with Gasteiger partial charge in [-0.2, -0.15) is 0 Å². The van der Waals surface area contributed by atoms with Crippen molar-refractivity contribution in [3.8, 4) is 0 Å². The molecule has 0 aliphatic carbocycles. The Kier molecular flexibility index (Phi) is 4.66. The van der Waals surface area contributed by atoms with Crippen molar-refractivity contribution in [3.05, 3.63) is 66.2 Å². The number of carbonyl (C=O) groups is 1. The largest absolute Gasteiger partial charge is 0.481 e. The molecule has 3 heteroatoms. The van der Waals surface area contributed by atoms with Crippen LogP contribution in [0.2, 0.25) is 0 Å². The first kappa shape index (κ1) is 14.0. The Morgan fingerprint density at radius 2 is 1.60 bits per heavy atom. The minimum absolute atomic E-state index is 0.510. The van der Waals surface area contributed by atoms with Crippen LogP contribution in [-0.4, -0.2) is 16.8 Å². The van der Waals surface area contributed by atoms with Gasteiger partial charge in [-0.1, -0.05) is 55.5 Å². The van der Waals surface area contributed by atoms with Crippen molar-refractivity contribution in [1.29, 1.82) is 0 Å². The Hall–Kier alpha value is -2.42. The lowest BCUT2D eigenvalue weighted by Crippen LogP contribution is -2.24. The van der Waals surface area contributed by atoms with Crippen LogP contribution >= 0.6 is 0 Å². The molecule has 0 bridgehead atoms. The van der Waals surface area contributed by atoms with Gasteiger partial charge in [-0.3, -0.25) is 9.79 Å². The zero-order chi connectivity index (χ0) is 14.4. The molecule has 1 atom stereocenters. The Balaban J connectivity index is 2.50. The molecule has 2 aromatic rings. The van der Waals surface area contributed by atoms with Crippen LogP contribution in [0.5, 0.6) is 0 Å². The number of rotatable bonds is 5. The second-order valence-corrected chi connectivity index (χ2v) is 4.50. The number of para-hydroxylation sites is 1. The molecule has 0 radical (unpaired) electrons. The summed E-state index contributed by atoms with van der Waals surface area (Å²) in [6.45, 7) is 1.86. The molecule has 0 amide bonds. The number of carboxylic acids is 1. The molecule has 3 nitrogen and oxygen atoms in total. The van der Waals surface area contributed by atoms with Gasteiger partial charge in [0.15, 0.2) is 0 Å². The molecule has 0 aliphatic rings. The van der Waals surface area contributed by atoms with E-state index in [2.05, 4.69) is 4.99 Å². The minimum Gasteiger partial charge on any atom is -0.481 e. The SMILES string of the molecule is CCC(C(=O)O)C(=Nc1ccccc1)c1ccccc1. The van der Waals surface area contributed by atoms with Gasteiger partial charge in [-0.15, -0.1) is 0 Å². The summed E-state index contributed by atoms with van der Waals surface area (Å²) in [6.07, 6.45) is 0.510. The number of nitrogens with zero attached hydrogens (tertiary/aromatic N) is 1. The Morgan fingerprint density at radius 1 is 1.05 bits per heavy atom. The highest BCUT2D eigenvalue weighted by Gasteiger charge is 2.23. The molecule has 0 fully saturated rings. The molecule has 0 saturated heterocycles. The summed E-state index contributed by atoms with van der Waals surface area (Å²) < 4.78 is 0. The fourth-order valence-corrected chi connectivity index (χ4v) is 2.08. The lowest BCUT2D eigenvalue weighted by atomic mass is 9.94. The van der Waals surface area contributed by atoms with E-state index in [1.54, 1.807) is 0 Å². The Morgan fingerprint density at radius 3 is 2.10 bits per heavy atom. The molecule has 0 saturated carbocycles. The average molecular weight is 267 g/mol. The number of benzene rings is 2. The van der Waals surface area contributed by atoms with E-state index in [-0.39, 0.29) is 0 Å². The van der Waals surface area contributed by atoms with E-state index in [9.17, 15) is 9.90 Å². The molecule has 1 unspecified atom stereocenters. The van der Waals surface area contributed by atoms with E-state index >= 15 is 0 Å². The van der Waals surface area contributed by atoms with Gasteiger partial charge in [0.1, 0.15) is 0 Å². The van der Waals surface area contributed by atoms with Crippen LogP contribution in [-0.2, 0) is 4.79 Å². The summed E-state index contributed by atoms with van der Waals surface area (Å²) in [7, 11) is 0. The van der Waals surface area contributed by atoms with Crippen molar-refractivity contribution in [2.24, 2.45) is 10.9 Å². The smallest absolute Gasteiger partial charge is 0.312 e. The van der Waals surface area contributed by atoms with Gasteiger partial charge in [-0.25, -0.2) is 0 Å². The average Bonchev–Trinajstić information content (AvgIpc) is 2.48. The molecular formula is C17H17NO2. The summed E-state index contributed by atoms with van der Waals surface area (Å²) in [6, 6.07) is 18.9. The zero-order valence-corrected chi connectivity index (χ0v) is 11.4. The molecule has 1 N–H and O–H groups in total. The first-order valence-corrected chi connectivity index (χ1v) is 6.64. The molecule has 2 rings (SSSR count). The van der Waals surface area contributed by atoms with Crippen molar-refractivity contribution in [2.75, 3.05) is 0 Å². The van der Waals surface area contributed by atoms with E-state index in [0.29, 0.717) is 12.1 Å². The molecule has 2 aromatic carbocycles. The lowest BCUT2D eigenvalue weighted by molar-refractivity contribution is -0.139. The highest BCUT2D eigenvalue weighted by atomic mass is 16.4. The van der Waals surface area contributed by atoms with E-state index in [4.69, 9.17) is 0 Å². The first-order chi connectivity index (χ1) is 9.72. The number of hydrogen-bond donors (Lipinski definition) is 1. The van der Waals surface area contributed by atoms with Crippen molar-refractivity contribution < 1.29 is 9.90 Å². The highest BCUT2D eigenvalue weighted by Crippen LogP contribution is 2.19. The number of carboxylic acid groups (broad SMARTS) is 1. The van der Waals surface area contributed by atoms with Gasteiger partial charge < -0.3 is 5.11 Å². The van der Waals surface area contributed by atoms with Crippen molar-refractivity contribution >= 4 is 17.4 Å². The van der Waals surface area contributed by atoms with Crippen LogP contribution in [0.1, 0.15) is 18.9 Å². The third-order valence-corrected chi connectivity index (χ3v) is 3.11. The lowest BCUT2D eigenvalue weighted by Gasteiger charge is -2.14. The maximum atomic E-state index is 11.5. The van der Waals surface area contributed by atoms with Gasteiger partial charge in [0.05, 0.1) is 17.3 Å². The fourth-order valence-electron chi connectivity index (χ4n) is 2.08. The highest BCUT2D eigenvalue weighted by molar-refractivity contribution is 6.12. The van der Waals surface area contributed by atoms with Gasteiger partial charge >= 0.3 is 5.97 Å². The topological polar surface area (TPSA) is 49.7 Å². The van der Waals surface area contributed by atoms with Crippen LogP contribution in [0.25, 0.3) is 0 Å². The molecule has 102 valence electrons. The quantitative estimate of drug-likeness (QED) is 0.835. The van der Waals surface area contributed by atoms with E-state index < -0.39 is 11.9 Å². The van der Waals surface area contributed by atoms with Gasteiger partial charge in [-0.05, 0) is 24.1 Å². The molecule has 0 heterocycles. The molecular weight excluding hydrogens is 250 g/mol. The predicted molar refractivity (Wildman–Crippen MR) is 80.5 cm³/mol. The van der Waals surface area contributed by atoms with Crippen LogP contribution in [0.15, 0.2) is 65.7 Å². The molecule has 20 heavy (non-hydrogen) atoms. The normalized spacial score (nSPS) is 12.9. The summed E-state index contributed by atoms with van der Waals surface area (Å²) in [5, 5.41) is 9.40. The second kappa shape index (κ2) is 6.66. The monoisotopic (exact) mass is 267 g/mol. The van der Waals surface area contributed by atoms with Crippen molar-refractivity contribution in [1.82, 2.24) is 0 Å². The number of aliphatic carboxylic acids is 1. The van der Waals surface area contributed by atoms with Gasteiger partial charge in [0.2, 0.25) is 0 Å². The van der Waals surface area contributed by atoms with E-state index in [0.717, 1.165) is 11.3 Å². The zero-order valence-electron chi connectivity index (χ0n) is 11.4. The van der Waals surface area contributed by atoms with Gasteiger partial charge in [0, 0.05) is 0 Å². The summed E-state index contributed by atoms with van der Waals surface area (Å²) >= 11 is 0. The maximum absolute atomic E-state index is 11.5. The van der Waals surface area contributed by atoms with Crippen molar-refractivity contribution in [2.45, 2.75) is 13.3 Å². The summed E-state index contributed by atoms with van der Waals surface area (Å²) in [5.41, 5.74) is 2.23. The third-order valence-electron chi connectivity index (χ3n) is 3.11. The van der Waals surface area contributed by atoms with E-state index in [1.807, 2.05) is 67.6 Å². The minimum atomic E-state index is -0.842. The molecule has 0 aromatic heterocycles. The van der Waals surface area contributed by atoms with Crippen LogP contribution < -0.4 is 0 Å². The summed E-state index contributed by atoms with van der Waals surface area (Å²) in [4.78, 5) is 16.0. The molecule has 0 spiro atoms. The molecule has 0 aliphatic heterocycles. The predicted octanol–water partition coefficient (Wildman–Crippen LogP) is 3.92. The van der Waals surface area contributed by atoms with Crippen LogP contribution in [0, 0.1) is 5.92 Å². The maximum Gasteiger partial charge on any atom is 0.312 e. The third kappa shape index (κ3) is 3.32. The number of hydrogen-bond acceptors (Lipinski definition) is 2. The number of aliphatic imine (C=N–C) groups is 1. The second-order valence-electron chi connectivity index (χ2n) is 4.50. The standard InChI is InChI=1S/C17H17NO2/c1-2-15(17(19)20)16(13-9-5-3-6-10-13)18-14-11-7-4-8-12-14/h3-12,15H,2H2,1H3,(H,19,20). The fraction of sp³-hybridized carbons (Fsp3) is 0.176. The van der Waals surface area contributed by atoms with E-state index in [1.165, 1.54) is 0 Å². The van der Waals surface area contributed by atoms with Crippen LogP contribution in [0.3, 0.4) is 0 Å². The van der Waals surface area contributed by atoms with Crippen molar-refractivity contribution in [3.63, 3.8) is 0 Å². The van der Waals surface area contributed by atoms with Crippen LogP contribution in [0.4, 0.5) is 5.69 Å². The Bertz CT molecular complexity index is 591.